The number of halogens is 1. The molecule has 0 aliphatic heterocycles. The van der Waals surface area contributed by atoms with Crippen LogP contribution < -0.4 is 15.6 Å². The first-order chi connectivity index (χ1) is 10.9. The number of carbonyl (C=O) groups excluding carboxylic acids is 2. The van der Waals surface area contributed by atoms with Gasteiger partial charge in [-0.15, -0.1) is 0 Å². The number of aryl methyl sites for hydroxylation is 2. The van der Waals surface area contributed by atoms with Gasteiger partial charge in [0.05, 0.1) is 5.56 Å². The Morgan fingerprint density at radius 3 is 2.39 bits per heavy atom. The van der Waals surface area contributed by atoms with E-state index < -0.39 is 17.9 Å². The minimum atomic E-state index is -0.761. The summed E-state index contributed by atoms with van der Waals surface area (Å²) >= 11 is 3.32. The van der Waals surface area contributed by atoms with Crippen molar-refractivity contribution in [3.8, 4) is 5.75 Å². The number of amides is 2. The third-order valence-corrected chi connectivity index (χ3v) is 3.61. The van der Waals surface area contributed by atoms with Crippen LogP contribution in [0.15, 0.2) is 39.2 Å². The Morgan fingerprint density at radius 1 is 1.17 bits per heavy atom. The molecule has 1 unspecified atom stereocenters. The number of hydrogen-bond acceptors (Lipinski definition) is 4. The Hall–Kier alpha value is -2.28. The molecule has 23 heavy (non-hydrogen) atoms. The molecule has 2 amide bonds. The van der Waals surface area contributed by atoms with Gasteiger partial charge in [-0.1, -0.05) is 15.9 Å². The van der Waals surface area contributed by atoms with Crippen molar-refractivity contribution in [3.05, 3.63) is 51.9 Å². The Morgan fingerprint density at radius 2 is 1.83 bits per heavy atom. The lowest BCUT2D eigenvalue weighted by Crippen LogP contribution is -2.47. The highest BCUT2D eigenvalue weighted by molar-refractivity contribution is 9.10. The molecule has 122 valence electrons. The summed E-state index contributed by atoms with van der Waals surface area (Å²) in [4.78, 5) is 23.9. The van der Waals surface area contributed by atoms with Crippen molar-refractivity contribution in [2.45, 2.75) is 26.9 Å². The molecule has 1 atom stereocenters. The van der Waals surface area contributed by atoms with Crippen molar-refractivity contribution in [1.82, 2.24) is 10.9 Å². The molecule has 0 bridgehead atoms. The zero-order valence-electron chi connectivity index (χ0n) is 13.0. The van der Waals surface area contributed by atoms with Crippen molar-refractivity contribution in [1.29, 1.82) is 0 Å². The van der Waals surface area contributed by atoms with E-state index >= 15 is 0 Å². The van der Waals surface area contributed by atoms with Gasteiger partial charge in [0.1, 0.15) is 17.3 Å². The second-order valence-electron chi connectivity index (χ2n) is 4.98. The van der Waals surface area contributed by atoms with Crippen LogP contribution in [0.1, 0.15) is 28.8 Å². The number of carbonyl (C=O) groups is 2. The van der Waals surface area contributed by atoms with Crippen LogP contribution in [-0.4, -0.2) is 17.9 Å². The summed E-state index contributed by atoms with van der Waals surface area (Å²) in [5.74, 6) is 0.783. The molecular weight excluding hydrogens is 364 g/mol. The number of hydrogen-bond donors (Lipinski definition) is 2. The highest BCUT2D eigenvalue weighted by Crippen LogP contribution is 2.17. The van der Waals surface area contributed by atoms with Crippen LogP contribution in [0.25, 0.3) is 0 Å². The van der Waals surface area contributed by atoms with Crippen LogP contribution in [0.4, 0.5) is 0 Å². The number of furan rings is 1. The molecule has 0 aliphatic carbocycles. The van der Waals surface area contributed by atoms with Crippen LogP contribution in [0, 0.1) is 13.8 Å². The van der Waals surface area contributed by atoms with Crippen LogP contribution in [0.3, 0.4) is 0 Å². The fourth-order valence-corrected chi connectivity index (χ4v) is 2.18. The van der Waals surface area contributed by atoms with E-state index in [2.05, 4.69) is 26.8 Å². The van der Waals surface area contributed by atoms with Crippen LogP contribution in [0.2, 0.25) is 0 Å². The van der Waals surface area contributed by atoms with E-state index in [1.807, 2.05) is 12.1 Å². The van der Waals surface area contributed by atoms with Crippen LogP contribution in [0.5, 0.6) is 5.75 Å². The minimum absolute atomic E-state index is 0.379. The normalized spacial score (nSPS) is 11.7. The molecule has 1 aromatic heterocycles. The number of benzene rings is 1. The second kappa shape index (κ2) is 7.32. The van der Waals surface area contributed by atoms with Gasteiger partial charge < -0.3 is 9.15 Å². The summed E-state index contributed by atoms with van der Waals surface area (Å²) in [6.07, 6.45) is -0.761. The molecule has 0 aliphatic rings. The largest absolute Gasteiger partial charge is 0.481 e. The molecule has 2 aromatic rings. The van der Waals surface area contributed by atoms with Gasteiger partial charge in [0.15, 0.2) is 6.10 Å². The summed E-state index contributed by atoms with van der Waals surface area (Å²) in [6.45, 7) is 5.02. The van der Waals surface area contributed by atoms with Gasteiger partial charge in [0.2, 0.25) is 0 Å². The fourth-order valence-electron chi connectivity index (χ4n) is 1.91. The quantitative estimate of drug-likeness (QED) is 0.799. The van der Waals surface area contributed by atoms with Crippen LogP contribution in [-0.2, 0) is 4.79 Å². The fraction of sp³-hybridized carbons (Fsp3) is 0.250. The smallest absolute Gasteiger partial charge is 0.279 e. The van der Waals surface area contributed by atoms with E-state index in [1.54, 1.807) is 39.0 Å². The van der Waals surface area contributed by atoms with E-state index in [9.17, 15) is 9.59 Å². The summed E-state index contributed by atoms with van der Waals surface area (Å²) in [7, 11) is 0. The topological polar surface area (TPSA) is 80.6 Å². The second-order valence-corrected chi connectivity index (χ2v) is 5.90. The minimum Gasteiger partial charge on any atom is -0.481 e. The number of hydrazine groups is 1. The molecule has 6 nitrogen and oxygen atoms in total. The zero-order chi connectivity index (χ0) is 17.0. The summed E-state index contributed by atoms with van der Waals surface area (Å²) < 4.78 is 11.7. The van der Waals surface area contributed by atoms with Gasteiger partial charge in [0, 0.05) is 4.47 Å². The Labute approximate surface area is 142 Å². The molecule has 2 N–H and O–H groups in total. The third-order valence-electron chi connectivity index (χ3n) is 3.08. The average Bonchev–Trinajstić information content (AvgIpc) is 2.85. The predicted molar refractivity (Wildman–Crippen MR) is 88.0 cm³/mol. The molecule has 0 saturated heterocycles. The predicted octanol–water partition coefficient (Wildman–Crippen LogP) is 2.89. The van der Waals surface area contributed by atoms with Gasteiger partial charge in [0.25, 0.3) is 11.8 Å². The lowest BCUT2D eigenvalue weighted by atomic mass is 10.2. The molecule has 0 saturated carbocycles. The maximum atomic E-state index is 12.0. The van der Waals surface area contributed by atoms with Gasteiger partial charge in [-0.05, 0) is 51.1 Å². The first kappa shape index (κ1) is 17.1. The van der Waals surface area contributed by atoms with Crippen molar-refractivity contribution in [2.24, 2.45) is 0 Å². The maximum absolute atomic E-state index is 12.0. The van der Waals surface area contributed by atoms with Crippen molar-refractivity contribution in [2.75, 3.05) is 0 Å². The Kier molecular flexibility index (Phi) is 5.44. The molecule has 2 rings (SSSR count). The molecule has 0 radical (unpaired) electrons. The molecule has 1 heterocycles. The van der Waals surface area contributed by atoms with E-state index in [0.717, 1.165) is 4.47 Å². The lowest BCUT2D eigenvalue weighted by molar-refractivity contribution is -0.128. The molecule has 0 spiro atoms. The molecule has 7 heteroatoms. The number of ether oxygens (including phenoxy) is 1. The highest BCUT2D eigenvalue weighted by atomic mass is 79.9. The molecular formula is C16H17BrN2O4. The number of nitrogens with one attached hydrogen (secondary N) is 2. The highest BCUT2D eigenvalue weighted by Gasteiger charge is 2.18. The maximum Gasteiger partial charge on any atom is 0.279 e. The van der Waals surface area contributed by atoms with Gasteiger partial charge in [-0.3, -0.25) is 20.4 Å². The standard InChI is InChI=1S/C16H17BrN2O4/c1-9-8-14(10(2)22-9)16(21)19-18-15(20)11(3)23-13-6-4-12(17)5-7-13/h4-8,11H,1-3H3,(H,18,20)(H,19,21). The van der Waals surface area contributed by atoms with Crippen molar-refractivity contribution < 1.29 is 18.7 Å². The van der Waals surface area contributed by atoms with E-state index in [-0.39, 0.29) is 0 Å². The lowest BCUT2D eigenvalue weighted by Gasteiger charge is -2.15. The van der Waals surface area contributed by atoms with Gasteiger partial charge in [-0.2, -0.15) is 0 Å². The van der Waals surface area contributed by atoms with Crippen LogP contribution >= 0.6 is 15.9 Å². The molecule has 1 aromatic carbocycles. The first-order valence-corrected chi connectivity index (χ1v) is 7.75. The molecule has 0 fully saturated rings. The van der Waals surface area contributed by atoms with Crippen molar-refractivity contribution in [3.63, 3.8) is 0 Å². The third kappa shape index (κ3) is 4.59. The average molecular weight is 381 g/mol. The Bertz CT molecular complexity index is 709. The number of rotatable bonds is 4. The van der Waals surface area contributed by atoms with Gasteiger partial charge >= 0.3 is 0 Å². The SMILES string of the molecule is Cc1cc(C(=O)NNC(=O)C(C)Oc2ccc(Br)cc2)c(C)o1. The monoisotopic (exact) mass is 380 g/mol. The van der Waals surface area contributed by atoms with Gasteiger partial charge in [-0.25, -0.2) is 0 Å². The summed E-state index contributed by atoms with van der Waals surface area (Å²) in [6, 6.07) is 8.71. The first-order valence-electron chi connectivity index (χ1n) is 6.96. The summed E-state index contributed by atoms with van der Waals surface area (Å²) in [5.41, 5.74) is 5.06. The van der Waals surface area contributed by atoms with E-state index in [0.29, 0.717) is 22.8 Å². The van der Waals surface area contributed by atoms with E-state index in [1.165, 1.54) is 0 Å². The van der Waals surface area contributed by atoms with E-state index in [4.69, 9.17) is 9.15 Å². The van der Waals surface area contributed by atoms with Crippen molar-refractivity contribution >= 4 is 27.7 Å². The zero-order valence-corrected chi connectivity index (χ0v) is 14.6. The summed E-state index contributed by atoms with van der Waals surface area (Å²) in [5, 5.41) is 0. The Balaban J connectivity index is 1.87.